The number of imide groups is 1. The van der Waals surface area contributed by atoms with Gasteiger partial charge in [-0.15, -0.1) is 0 Å². The summed E-state index contributed by atoms with van der Waals surface area (Å²) in [5, 5.41) is 8.49. The van der Waals surface area contributed by atoms with Crippen molar-refractivity contribution in [3.05, 3.63) is 102 Å². The smallest absolute Gasteiger partial charge is 0.256 e. The Morgan fingerprint density at radius 2 is 1.59 bits per heavy atom. The normalized spacial score (nSPS) is 17.7. The fourth-order valence-corrected chi connectivity index (χ4v) is 8.27. The number of aromatic nitrogens is 4. The van der Waals surface area contributed by atoms with E-state index in [4.69, 9.17) is 29.7 Å². The third-order valence-electron chi connectivity index (χ3n) is 11.4. The minimum absolute atomic E-state index is 0.0742. The fourth-order valence-electron chi connectivity index (χ4n) is 8.27. The van der Waals surface area contributed by atoms with Crippen LogP contribution in [-0.4, -0.2) is 131 Å². The van der Waals surface area contributed by atoms with Crippen LogP contribution >= 0.6 is 0 Å². The molecule has 18 heteroatoms. The van der Waals surface area contributed by atoms with Crippen molar-refractivity contribution >= 4 is 46.5 Å². The standard InChI is InChI=1S/C45H52N10O8/c46-41-40-39(30-9-11-31(12-10-30)43(57)50-37-8-1-2-15-48-37)52-42(54(40)19-16-49-41)35-7-4-18-53(35)20-22-61-24-26-63-28-27-62-25-23-60-21-17-47-34-6-3-5-32-33(34)29-55(45(32)59)36-13-14-38(56)51-44(36)58/h1-3,5-6,8-12,15-16,19,35-36,47H,4,7,13-14,17-18,20-29H2,(H2,46,49)(H,48,50,57)(H,51,56,58)/t35-,36?/m0/s1. The maximum absolute atomic E-state index is 13.1. The van der Waals surface area contributed by atoms with Gasteiger partial charge >= 0.3 is 0 Å². The molecule has 2 atom stereocenters. The van der Waals surface area contributed by atoms with Gasteiger partial charge in [0.2, 0.25) is 11.8 Å². The van der Waals surface area contributed by atoms with Crippen molar-refractivity contribution < 1.29 is 38.1 Å². The van der Waals surface area contributed by atoms with E-state index in [1.807, 2.05) is 40.9 Å². The van der Waals surface area contributed by atoms with Gasteiger partial charge in [-0.1, -0.05) is 24.3 Å². The predicted octanol–water partition coefficient (Wildman–Crippen LogP) is 3.70. The number of pyridine rings is 1. The Kier molecular flexibility index (Phi) is 14.2. The van der Waals surface area contributed by atoms with Gasteiger partial charge in [0.25, 0.3) is 11.8 Å². The summed E-state index contributed by atoms with van der Waals surface area (Å²) >= 11 is 0. The van der Waals surface area contributed by atoms with Crippen LogP contribution in [0.15, 0.2) is 79.3 Å². The number of imidazole rings is 1. The maximum Gasteiger partial charge on any atom is 0.256 e. The first kappa shape index (κ1) is 43.3. The molecule has 63 heavy (non-hydrogen) atoms. The van der Waals surface area contributed by atoms with Crippen molar-refractivity contribution in [2.24, 2.45) is 0 Å². The largest absolute Gasteiger partial charge is 0.382 e. The lowest BCUT2D eigenvalue weighted by atomic mass is 10.0. The molecule has 5 aromatic rings. The Hall–Kier alpha value is -6.31. The number of carbonyl (C=O) groups is 4. The molecule has 4 amide bonds. The van der Waals surface area contributed by atoms with Gasteiger partial charge in [0.15, 0.2) is 0 Å². The molecule has 8 rings (SSSR count). The van der Waals surface area contributed by atoms with Crippen molar-refractivity contribution in [1.29, 1.82) is 0 Å². The van der Waals surface area contributed by atoms with E-state index in [-0.39, 0.29) is 30.2 Å². The number of amides is 4. The number of benzene rings is 2. The zero-order valence-electron chi connectivity index (χ0n) is 35.0. The number of ether oxygens (including phenoxy) is 4. The van der Waals surface area contributed by atoms with Gasteiger partial charge < -0.3 is 40.2 Å². The van der Waals surface area contributed by atoms with Crippen LogP contribution in [0.1, 0.15) is 63.8 Å². The lowest BCUT2D eigenvalue weighted by Crippen LogP contribution is -2.52. The zero-order valence-corrected chi connectivity index (χ0v) is 35.0. The average molecular weight is 861 g/mol. The van der Waals surface area contributed by atoms with Crippen molar-refractivity contribution in [3.8, 4) is 11.3 Å². The monoisotopic (exact) mass is 860 g/mol. The van der Waals surface area contributed by atoms with E-state index in [0.717, 1.165) is 54.1 Å². The Morgan fingerprint density at radius 3 is 2.33 bits per heavy atom. The third kappa shape index (κ3) is 10.3. The second-order valence-corrected chi connectivity index (χ2v) is 15.4. The van der Waals surface area contributed by atoms with Gasteiger partial charge in [0, 0.05) is 72.6 Å². The van der Waals surface area contributed by atoms with Crippen LogP contribution in [0, 0.1) is 0 Å². The minimum Gasteiger partial charge on any atom is -0.382 e. The number of nitrogens with one attached hydrogen (secondary N) is 3. The molecule has 0 spiro atoms. The summed E-state index contributed by atoms with van der Waals surface area (Å²) in [6, 6.07) is 17.6. The van der Waals surface area contributed by atoms with Gasteiger partial charge in [-0.2, -0.15) is 0 Å². The second kappa shape index (κ2) is 20.7. The summed E-state index contributed by atoms with van der Waals surface area (Å²) in [5.41, 5.74) is 11.4. The molecule has 2 fully saturated rings. The molecule has 5 N–H and O–H groups in total. The molecule has 18 nitrogen and oxygen atoms in total. The van der Waals surface area contributed by atoms with Gasteiger partial charge in [-0.25, -0.2) is 15.0 Å². The summed E-state index contributed by atoms with van der Waals surface area (Å²) in [6.45, 7) is 6.18. The summed E-state index contributed by atoms with van der Waals surface area (Å²) in [6.07, 6.45) is 7.75. The Bertz CT molecular complexity index is 2400. The zero-order chi connectivity index (χ0) is 43.5. The van der Waals surface area contributed by atoms with Crippen LogP contribution in [0.4, 0.5) is 17.3 Å². The second-order valence-electron chi connectivity index (χ2n) is 15.4. The Labute approximate surface area is 364 Å². The fraction of sp³-hybridized carbons (Fsp3) is 0.400. The highest BCUT2D eigenvalue weighted by Gasteiger charge is 2.40. The lowest BCUT2D eigenvalue weighted by Gasteiger charge is -2.29. The number of rotatable bonds is 21. The Balaban J connectivity index is 0.700. The van der Waals surface area contributed by atoms with Crippen molar-refractivity contribution in [2.75, 3.05) is 88.9 Å². The Morgan fingerprint density at radius 1 is 0.825 bits per heavy atom. The van der Waals surface area contributed by atoms with Gasteiger partial charge in [0.05, 0.1) is 58.9 Å². The van der Waals surface area contributed by atoms with E-state index in [0.29, 0.717) is 101 Å². The lowest BCUT2D eigenvalue weighted by molar-refractivity contribution is -0.136. The molecule has 6 heterocycles. The van der Waals surface area contributed by atoms with Crippen LogP contribution in [-0.2, 0) is 35.1 Å². The average Bonchev–Trinajstić information content (AvgIpc) is 4.01. The summed E-state index contributed by atoms with van der Waals surface area (Å²) < 4.78 is 25.1. The number of fused-ring (bicyclic) bond motifs is 2. The molecular weight excluding hydrogens is 809 g/mol. The third-order valence-corrected chi connectivity index (χ3v) is 11.4. The van der Waals surface area contributed by atoms with E-state index in [9.17, 15) is 19.2 Å². The van der Waals surface area contributed by atoms with Crippen LogP contribution in [0.2, 0.25) is 0 Å². The van der Waals surface area contributed by atoms with Gasteiger partial charge in [-0.05, 0) is 62.2 Å². The molecule has 2 aromatic carbocycles. The van der Waals surface area contributed by atoms with Crippen molar-refractivity contribution in [3.63, 3.8) is 0 Å². The molecule has 3 aliphatic rings. The maximum atomic E-state index is 13.1. The highest BCUT2D eigenvalue weighted by Crippen LogP contribution is 2.36. The molecule has 1 unspecified atom stereocenters. The van der Waals surface area contributed by atoms with Gasteiger partial charge in [-0.3, -0.25) is 33.8 Å². The number of hydrogen-bond donors (Lipinski definition) is 4. The van der Waals surface area contributed by atoms with E-state index in [2.05, 4.69) is 30.8 Å². The molecule has 0 saturated carbocycles. The number of hydrogen-bond acceptors (Lipinski definition) is 14. The molecule has 3 aromatic heterocycles. The molecule has 330 valence electrons. The molecule has 2 saturated heterocycles. The topological polar surface area (TPSA) is 217 Å². The van der Waals surface area contributed by atoms with Crippen molar-refractivity contribution in [2.45, 2.75) is 44.3 Å². The first-order valence-electron chi connectivity index (χ1n) is 21.4. The van der Waals surface area contributed by atoms with E-state index in [1.165, 1.54) is 0 Å². The number of carbonyl (C=O) groups excluding carboxylic acids is 4. The molecule has 0 radical (unpaired) electrons. The van der Waals surface area contributed by atoms with Crippen LogP contribution in [0.5, 0.6) is 0 Å². The van der Waals surface area contributed by atoms with Crippen LogP contribution in [0.25, 0.3) is 16.8 Å². The van der Waals surface area contributed by atoms with Crippen LogP contribution in [0.3, 0.4) is 0 Å². The predicted molar refractivity (Wildman–Crippen MR) is 233 cm³/mol. The van der Waals surface area contributed by atoms with Crippen molar-refractivity contribution in [1.82, 2.24) is 34.5 Å². The number of likely N-dealkylation sites (tertiary alicyclic amines) is 1. The SMILES string of the molecule is Nc1nccn2c([C@@H]3CCCN3CCOCCOCCOCCOCCNc3cccc4c3CN(C3CCC(=O)NC3=O)C4=O)nc(-c3ccc(C(=O)Nc4ccccn4)cc3)c12. The van der Waals surface area contributed by atoms with E-state index >= 15 is 0 Å². The number of nitrogens with two attached hydrogens (primary N) is 1. The van der Waals surface area contributed by atoms with Gasteiger partial charge in [0.1, 0.15) is 34.7 Å². The minimum atomic E-state index is -0.648. The first-order chi connectivity index (χ1) is 30.9. The summed E-state index contributed by atoms with van der Waals surface area (Å²) in [7, 11) is 0. The van der Waals surface area contributed by atoms with Crippen LogP contribution < -0.4 is 21.7 Å². The summed E-state index contributed by atoms with van der Waals surface area (Å²) in [5.74, 6) is 0.581. The van der Waals surface area contributed by atoms with E-state index < -0.39 is 11.9 Å². The number of nitrogen functional groups attached to an aromatic ring is 1. The van der Waals surface area contributed by atoms with E-state index in [1.54, 1.807) is 47.6 Å². The molecule has 0 bridgehead atoms. The summed E-state index contributed by atoms with van der Waals surface area (Å²) in [4.78, 5) is 67.4. The number of anilines is 3. The molecular formula is C45H52N10O8. The number of piperidine rings is 1. The highest BCUT2D eigenvalue weighted by molar-refractivity contribution is 6.06. The quantitative estimate of drug-likeness (QED) is 0.0612. The highest BCUT2D eigenvalue weighted by atomic mass is 16.6. The first-order valence-corrected chi connectivity index (χ1v) is 21.4. The molecule has 0 aliphatic carbocycles. The molecule has 3 aliphatic heterocycles. The number of nitrogens with zero attached hydrogens (tertiary/aromatic N) is 6.